The molecule has 0 unspecified atom stereocenters. The van der Waals surface area contributed by atoms with Crippen molar-refractivity contribution in [1.29, 1.82) is 0 Å². The first-order valence-corrected chi connectivity index (χ1v) is 7.49. The lowest BCUT2D eigenvalue weighted by Gasteiger charge is -2.39. The Morgan fingerprint density at radius 1 is 0.857 bits per heavy atom. The van der Waals surface area contributed by atoms with Crippen LogP contribution in [0.25, 0.3) is 0 Å². The summed E-state index contributed by atoms with van der Waals surface area (Å²) in [5.74, 6) is 0.161. The Morgan fingerprint density at radius 2 is 1.24 bits per heavy atom. The molecule has 0 amide bonds. The molecular formula is C19H25NO. The highest BCUT2D eigenvalue weighted by Gasteiger charge is 2.41. The topological polar surface area (TPSA) is 46.2 Å². The molecule has 2 aromatic rings. The fourth-order valence-electron chi connectivity index (χ4n) is 2.99. The van der Waals surface area contributed by atoms with Crippen molar-refractivity contribution in [2.45, 2.75) is 39.3 Å². The minimum Gasteiger partial charge on any atom is -0.379 e. The van der Waals surface area contributed by atoms with Crippen molar-refractivity contribution < 1.29 is 5.11 Å². The van der Waals surface area contributed by atoms with Gasteiger partial charge in [-0.1, -0.05) is 62.4 Å². The van der Waals surface area contributed by atoms with Gasteiger partial charge in [0.2, 0.25) is 0 Å². The van der Waals surface area contributed by atoms with Crippen LogP contribution in [0.15, 0.2) is 48.5 Å². The van der Waals surface area contributed by atoms with Gasteiger partial charge in [-0.2, -0.15) is 0 Å². The number of nitrogens with two attached hydrogens (primary N) is 1. The Labute approximate surface area is 127 Å². The number of benzene rings is 2. The van der Waals surface area contributed by atoms with Crippen LogP contribution < -0.4 is 5.73 Å². The number of aryl methyl sites for hydroxylation is 2. The van der Waals surface area contributed by atoms with E-state index < -0.39 is 5.60 Å². The molecule has 3 N–H and O–H groups in total. The van der Waals surface area contributed by atoms with E-state index in [4.69, 9.17) is 5.73 Å². The molecule has 0 aliphatic carbocycles. The van der Waals surface area contributed by atoms with Crippen molar-refractivity contribution in [3.8, 4) is 0 Å². The molecule has 0 aliphatic heterocycles. The molecule has 0 spiro atoms. The second-order valence-electron chi connectivity index (χ2n) is 6.17. The number of rotatable bonds is 4. The van der Waals surface area contributed by atoms with E-state index >= 15 is 0 Å². The lowest BCUT2D eigenvalue weighted by molar-refractivity contribution is 0.0342. The van der Waals surface area contributed by atoms with Crippen LogP contribution in [-0.4, -0.2) is 11.1 Å². The van der Waals surface area contributed by atoms with Crippen molar-refractivity contribution in [1.82, 2.24) is 0 Å². The standard InChI is InChI=1S/C19H25NO/c1-13(2)18(20)19(21,16-11-7-5-9-14(16)3)17-12-8-6-10-15(17)4/h5-13,18,21H,20H2,1-4H3/t18-/m1/s1. The van der Waals surface area contributed by atoms with Crippen LogP contribution >= 0.6 is 0 Å². The predicted octanol–water partition coefficient (Wildman–Crippen LogP) is 3.52. The third kappa shape index (κ3) is 2.74. The minimum atomic E-state index is -1.18. The maximum absolute atomic E-state index is 11.6. The Bertz CT molecular complexity index is 573. The molecule has 0 heterocycles. The normalized spacial score (nSPS) is 13.5. The Morgan fingerprint density at radius 3 is 1.57 bits per heavy atom. The molecule has 2 nitrogen and oxygen atoms in total. The van der Waals surface area contributed by atoms with Crippen LogP contribution in [0.3, 0.4) is 0 Å². The molecule has 2 heteroatoms. The zero-order valence-corrected chi connectivity index (χ0v) is 13.3. The fraction of sp³-hybridized carbons (Fsp3) is 0.368. The zero-order chi connectivity index (χ0) is 15.6. The number of hydrogen-bond donors (Lipinski definition) is 2. The number of hydrogen-bond acceptors (Lipinski definition) is 2. The summed E-state index contributed by atoms with van der Waals surface area (Å²) < 4.78 is 0. The summed E-state index contributed by atoms with van der Waals surface area (Å²) in [5, 5.41) is 11.6. The van der Waals surface area contributed by atoms with E-state index in [0.29, 0.717) is 0 Å². The molecule has 2 aromatic carbocycles. The monoisotopic (exact) mass is 283 g/mol. The maximum atomic E-state index is 11.6. The lowest BCUT2D eigenvalue weighted by Crippen LogP contribution is -2.50. The second kappa shape index (κ2) is 6.00. The van der Waals surface area contributed by atoms with Crippen LogP contribution in [0, 0.1) is 19.8 Å². The Balaban J connectivity index is 2.72. The van der Waals surface area contributed by atoms with Gasteiger partial charge in [0.1, 0.15) is 5.60 Å². The van der Waals surface area contributed by atoms with Gasteiger partial charge in [-0.05, 0) is 42.0 Å². The molecule has 0 bridgehead atoms. The van der Waals surface area contributed by atoms with Gasteiger partial charge in [-0.15, -0.1) is 0 Å². The summed E-state index contributed by atoms with van der Waals surface area (Å²) in [5.41, 5.74) is 9.16. The van der Waals surface area contributed by atoms with E-state index in [1.807, 2.05) is 76.2 Å². The van der Waals surface area contributed by atoms with Gasteiger partial charge < -0.3 is 10.8 Å². The van der Waals surface area contributed by atoms with Crippen molar-refractivity contribution >= 4 is 0 Å². The van der Waals surface area contributed by atoms with Gasteiger partial charge in [0.15, 0.2) is 0 Å². The van der Waals surface area contributed by atoms with Gasteiger partial charge >= 0.3 is 0 Å². The van der Waals surface area contributed by atoms with Crippen LogP contribution in [-0.2, 0) is 5.60 Å². The summed E-state index contributed by atoms with van der Waals surface area (Å²) in [7, 11) is 0. The second-order valence-corrected chi connectivity index (χ2v) is 6.17. The van der Waals surface area contributed by atoms with Crippen molar-refractivity contribution in [3.63, 3.8) is 0 Å². The van der Waals surface area contributed by atoms with Gasteiger partial charge in [-0.3, -0.25) is 0 Å². The molecule has 0 fully saturated rings. The fourth-order valence-corrected chi connectivity index (χ4v) is 2.99. The van der Waals surface area contributed by atoms with Crippen LogP contribution in [0.4, 0.5) is 0 Å². The molecule has 112 valence electrons. The molecule has 0 aromatic heterocycles. The first-order chi connectivity index (χ1) is 9.89. The van der Waals surface area contributed by atoms with Gasteiger partial charge in [0, 0.05) is 6.04 Å². The molecule has 21 heavy (non-hydrogen) atoms. The molecule has 2 rings (SSSR count). The first-order valence-electron chi connectivity index (χ1n) is 7.49. The van der Waals surface area contributed by atoms with E-state index in [2.05, 4.69) is 0 Å². The molecule has 0 aliphatic rings. The third-order valence-electron chi connectivity index (χ3n) is 4.31. The average Bonchev–Trinajstić information content (AvgIpc) is 2.46. The smallest absolute Gasteiger partial charge is 0.130 e. The van der Waals surface area contributed by atoms with Crippen molar-refractivity contribution in [3.05, 3.63) is 70.8 Å². The Kier molecular flexibility index (Phi) is 4.50. The predicted molar refractivity (Wildman–Crippen MR) is 88.2 cm³/mol. The lowest BCUT2D eigenvalue weighted by atomic mass is 9.73. The maximum Gasteiger partial charge on any atom is 0.130 e. The molecule has 0 saturated carbocycles. The SMILES string of the molecule is Cc1ccccc1C(O)(c1ccccc1C)[C@H](N)C(C)C. The highest BCUT2D eigenvalue weighted by Crippen LogP contribution is 2.38. The third-order valence-corrected chi connectivity index (χ3v) is 4.31. The van der Waals surface area contributed by atoms with E-state index in [9.17, 15) is 5.11 Å². The summed E-state index contributed by atoms with van der Waals surface area (Å²) in [6, 6.07) is 15.5. The highest BCUT2D eigenvalue weighted by atomic mass is 16.3. The van der Waals surface area contributed by atoms with E-state index in [-0.39, 0.29) is 12.0 Å². The minimum absolute atomic E-state index is 0.161. The zero-order valence-electron chi connectivity index (χ0n) is 13.3. The van der Waals surface area contributed by atoms with E-state index in [0.717, 1.165) is 22.3 Å². The summed E-state index contributed by atoms with van der Waals surface area (Å²) in [6.07, 6.45) is 0. The molecule has 0 saturated heterocycles. The van der Waals surface area contributed by atoms with E-state index in [1.54, 1.807) is 0 Å². The first kappa shape index (κ1) is 15.7. The van der Waals surface area contributed by atoms with Crippen molar-refractivity contribution in [2.75, 3.05) is 0 Å². The van der Waals surface area contributed by atoms with Crippen LogP contribution in [0.2, 0.25) is 0 Å². The van der Waals surface area contributed by atoms with Gasteiger partial charge in [-0.25, -0.2) is 0 Å². The van der Waals surface area contributed by atoms with Crippen molar-refractivity contribution in [2.24, 2.45) is 11.7 Å². The largest absolute Gasteiger partial charge is 0.379 e. The summed E-state index contributed by atoms with van der Waals surface area (Å²) >= 11 is 0. The van der Waals surface area contributed by atoms with Crippen LogP contribution in [0.1, 0.15) is 36.1 Å². The molecule has 0 radical (unpaired) electrons. The molecular weight excluding hydrogens is 258 g/mol. The van der Waals surface area contributed by atoms with E-state index in [1.165, 1.54) is 0 Å². The average molecular weight is 283 g/mol. The highest BCUT2D eigenvalue weighted by molar-refractivity contribution is 5.45. The van der Waals surface area contributed by atoms with Crippen LogP contribution in [0.5, 0.6) is 0 Å². The van der Waals surface area contributed by atoms with Gasteiger partial charge in [0.05, 0.1) is 0 Å². The summed E-state index contributed by atoms with van der Waals surface area (Å²) in [6.45, 7) is 8.13. The Hall–Kier alpha value is -1.64. The number of aliphatic hydroxyl groups is 1. The summed E-state index contributed by atoms with van der Waals surface area (Å²) in [4.78, 5) is 0. The van der Waals surface area contributed by atoms with Gasteiger partial charge in [0.25, 0.3) is 0 Å². The molecule has 1 atom stereocenters. The quantitative estimate of drug-likeness (QED) is 0.902.